The summed E-state index contributed by atoms with van der Waals surface area (Å²) in [5, 5.41) is 8.66. The molecule has 0 atom stereocenters. The van der Waals surface area contributed by atoms with Gasteiger partial charge in [0.15, 0.2) is 0 Å². The Balaban J connectivity index is 2.92. The fourth-order valence-corrected chi connectivity index (χ4v) is 2.31. The highest BCUT2D eigenvalue weighted by molar-refractivity contribution is 6.70. The number of rotatable bonds is 7. The Hall–Kier alpha value is -1.41. The number of nitrogens with zero attached hydrogens (tertiary/aromatic N) is 2. The van der Waals surface area contributed by atoms with Crippen LogP contribution in [0.2, 0.25) is 39.3 Å². The lowest BCUT2D eigenvalue weighted by atomic mass is 10.1. The van der Waals surface area contributed by atoms with Crippen LogP contribution in [0.1, 0.15) is 18.9 Å². The molecule has 0 aliphatic heterocycles. The van der Waals surface area contributed by atoms with E-state index in [1.165, 1.54) is 0 Å². The summed E-state index contributed by atoms with van der Waals surface area (Å²) in [7, 11) is -3.35. The van der Waals surface area contributed by atoms with Crippen molar-refractivity contribution in [2.75, 3.05) is 0 Å². The van der Waals surface area contributed by atoms with Gasteiger partial charge in [-0.25, -0.2) is 0 Å². The minimum absolute atomic E-state index is 0.624. The van der Waals surface area contributed by atoms with E-state index in [0.29, 0.717) is 6.42 Å². The number of hydrogen-bond donors (Lipinski definition) is 0. The largest absolute Gasteiger partial charge is 0.456 e. The zero-order valence-corrected chi connectivity index (χ0v) is 16.8. The van der Waals surface area contributed by atoms with Crippen molar-refractivity contribution in [1.29, 1.82) is 0 Å². The summed E-state index contributed by atoms with van der Waals surface area (Å²) in [6.07, 6.45) is 0.624. The van der Waals surface area contributed by atoms with Gasteiger partial charge in [-0.05, 0) is 51.8 Å². The molecule has 0 radical (unpaired) electrons. The number of benzene rings is 1. The molecule has 0 aromatic heterocycles. The van der Waals surface area contributed by atoms with Crippen molar-refractivity contribution in [3.63, 3.8) is 0 Å². The molecule has 1 rings (SSSR count). The molecule has 0 aliphatic carbocycles. The molecule has 1 aromatic carbocycles. The van der Waals surface area contributed by atoms with Crippen molar-refractivity contribution in [2.24, 2.45) is 10.3 Å². The van der Waals surface area contributed by atoms with Gasteiger partial charge >= 0.3 is 0 Å². The Morgan fingerprint density at radius 2 is 1.36 bits per heavy atom. The fraction of sp³-hybridized carbons (Fsp3) is 0.500. The van der Waals surface area contributed by atoms with Crippen LogP contribution in [0.15, 0.2) is 40.6 Å². The molecule has 0 saturated carbocycles. The molecule has 0 aliphatic rings. The van der Waals surface area contributed by atoms with Gasteiger partial charge in [0.1, 0.15) is 0 Å². The smallest absolute Gasteiger partial charge is 0.278 e. The van der Waals surface area contributed by atoms with Crippen LogP contribution >= 0.6 is 0 Å². The molecule has 0 saturated heterocycles. The third kappa shape index (κ3) is 8.14. The summed E-state index contributed by atoms with van der Waals surface area (Å²) in [4.78, 5) is 0. The summed E-state index contributed by atoms with van der Waals surface area (Å²) in [5.74, 6) is 0. The molecule has 1 aromatic rings. The predicted octanol–water partition coefficient (Wildman–Crippen LogP) is 4.86. The van der Waals surface area contributed by atoms with Gasteiger partial charge < -0.3 is 9.05 Å². The summed E-state index contributed by atoms with van der Waals surface area (Å²) < 4.78 is 11.3. The Bertz CT molecular complexity index is 529. The zero-order chi connectivity index (χ0) is 16.8. The van der Waals surface area contributed by atoms with Crippen LogP contribution in [0.4, 0.5) is 0 Å². The number of hydrogen-bond acceptors (Lipinski definition) is 4. The van der Waals surface area contributed by atoms with E-state index in [-0.39, 0.29) is 0 Å². The van der Waals surface area contributed by atoms with Gasteiger partial charge in [-0.2, -0.15) is 0 Å². The van der Waals surface area contributed by atoms with Gasteiger partial charge in [-0.15, -0.1) is 10.3 Å². The van der Waals surface area contributed by atoms with Crippen LogP contribution in [0.5, 0.6) is 0 Å². The summed E-state index contributed by atoms with van der Waals surface area (Å²) in [6.45, 7) is 14.7. The lowest BCUT2D eigenvalue weighted by Gasteiger charge is -2.16. The quantitative estimate of drug-likeness (QED) is 0.405. The Kier molecular flexibility index (Phi) is 6.55. The van der Waals surface area contributed by atoms with Crippen LogP contribution in [-0.4, -0.2) is 28.1 Å². The second kappa shape index (κ2) is 7.73. The van der Waals surface area contributed by atoms with E-state index in [1.54, 1.807) is 0 Å². The third-order valence-corrected chi connectivity index (χ3v) is 3.71. The van der Waals surface area contributed by atoms with Crippen molar-refractivity contribution in [2.45, 2.75) is 52.6 Å². The lowest BCUT2D eigenvalue weighted by Crippen LogP contribution is -2.24. The van der Waals surface area contributed by atoms with Crippen molar-refractivity contribution in [3.8, 4) is 0 Å². The first kappa shape index (κ1) is 18.6. The second-order valence-electron chi connectivity index (χ2n) is 7.31. The molecule has 0 spiro atoms. The zero-order valence-electron chi connectivity index (χ0n) is 14.8. The van der Waals surface area contributed by atoms with E-state index in [0.717, 1.165) is 17.0 Å². The van der Waals surface area contributed by atoms with E-state index in [9.17, 15) is 0 Å². The first-order valence-electron chi connectivity index (χ1n) is 7.59. The number of oxime groups is 2. The van der Waals surface area contributed by atoms with E-state index in [2.05, 4.69) is 49.6 Å². The summed E-state index contributed by atoms with van der Waals surface area (Å²) in [5.41, 5.74) is 2.86. The summed E-state index contributed by atoms with van der Waals surface area (Å²) in [6, 6.07) is 10.1. The average molecular weight is 337 g/mol. The maximum absolute atomic E-state index is 5.73. The van der Waals surface area contributed by atoms with Crippen LogP contribution in [0.3, 0.4) is 0 Å². The molecule has 4 nitrogen and oxygen atoms in total. The molecular formula is C16H28N2O2Si2. The highest BCUT2D eigenvalue weighted by atomic mass is 28.4. The van der Waals surface area contributed by atoms with E-state index in [4.69, 9.17) is 9.05 Å². The van der Waals surface area contributed by atoms with Crippen LogP contribution < -0.4 is 0 Å². The molecule has 22 heavy (non-hydrogen) atoms. The van der Waals surface area contributed by atoms with Gasteiger partial charge in [0, 0.05) is 6.42 Å². The summed E-state index contributed by atoms with van der Waals surface area (Å²) >= 11 is 0. The SMILES string of the molecule is C/C(C/C(=N\O[Si](C)(C)C)c1ccccc1)=N\O[Si](C)(C)C. The minimum Gasteiger partial charge on any atom is -0.456 e. The molecule has 122 valence electrons. The molecule has 0 amide bonds. The average Bonchev–Trinajstić information content (AvgIpc) is 2.40. The van der Waals surface area contributed by atoms with E-state index in [1.807, 2.05) is 37.3 Å². The normalized spacial score (nSPS) is 14.0. The van der Waals surface area contributed by atoms with Gasteiger partial charge in [0.25, 0.3) is 16.6 Å². The highest BCUT2D eigenvalue weighted by Gasteiger charge is 2.18. The van der Waals surface area contributed by atoms with Gasteiger partial charge in [-0.3, -0.25) is 0 Å². The van der Waals surface area contributed by atoms with E-state index < -0.39 is 16.6 Å². The highest BCUT2D eigenvalue weighted by Crippen LogP contribution is 2.11. The molecule has 6 heteroatoms. The van der Waals surface area contributed by atoms with Gasteiger partial charge in [0.05, 0.1) is 11.4 Å². The van der Waals surface area contributed by atoms with Crippen molar-refractivity contribution >= 4 is 28.1 Å². The van der Waals surface area contributed by atoms with Crippen molar-refractivity contribution < 1.29 is 9.05 Å². The topological polar surface area (TPSA) is 43.2 Å². The Morgan fingerprint density at radius 1 is 0.864 bits per heavy atom. The molecule has 0 unspecified atom stereocenters. The Morgan fingerprint density at radius 3 is 1.86 bits per heavy atom. The molecule has 0 bridgehead atoms. The maximum atomic E-state index is 5.73. The Labute approximate surface area is 136 Å². The van der Waals surface area contributed by atoms with Gasteiger partial charge in [-0.1, -0.05) is 30.3 Å². The molecule has 0 heterocycles. The monoisotopic (exact) mass is 336 g/mol. The molecular weight excluding hydrogens is 308 g/mol. The van der Waals surface area contributed by atoms with Gasteiger partial charge in [0.2, 0.25) is 0 Å². The lowest BCUT2D eigenvalue weighted by molar-refractivity contribution is 0.332. The molecule has 0 N–H and O–H groups in total. The first-order chi connectivity index (χ1) is 10.1. The van der Waals surface area contributed by atoms with Crippen molar-refractivity contribution in [1.82, 2.24) is 0 Å². The standard InChI is InChI=1S/C16H28N2O2Si2/c1-14(17-19-21(2,3)4)13-16(18-20-22(5,6)7)15-11-9-8-10-12-15/h8-12H,13H2,1-7H3/b17-14+,18-16+. The fourth-order valence-electron chi connectivity index (χ4n) is 1.50. The van der Waals surface area contributed by atoms with Crippen molar-refractivity contribution in [3.05, 3.63) is 35.9 Å². The van der Waals surface area contributed by atoms with Crippen LogP contribution in [-0.2, 0) is 9.05 Å². The maximum Gasteiger partial charge on any atom is 0.278 e. The first-order valence-corrected chi connectivity index (χ1v) is 14.4. The van der Waals surface area contributed by atoms with E-state index >= 15 is 0 Å². The second-order valence-corrected chi connectivity index (χ2v) is 16.1. The minimum atomic E-state index is -1.70. The van der Waals surface area contributed by atoms with Crippen LogP contribution in [0, 0.1) is 0 Å². The molecule has 0 fully saturated rings. The van der Waals surface area contributed by atoms with Crippen LogP contribution in [0.25, 0.3) is 0 Å². The third-order valence-electron chi connectivity index (χ3n) is 2.44. The predicted molar refractivity (Wildman–Crippen MR) is 99.6 cm³/mol.